The Labute approximate surface area is 272 Å². The summed E-state index contributed by atoms with van der Waals surface area (Å²) in [6.45, 7) is 0. The van der Waals surface area contributed by atoms with E-state index in [2.05, 4.69) is 158 Å². The zero-order valence-electron chi connectivity index (χ0n) is 26.1. The lowest BCUT2D eigenvalue weighted by Gasteiger charge is -2.31. The quantitative estimate of drug-likeness (QED) is 0.222. The van der Waals surface area contributed by atoms with Gasteiger partial charge < -0.3 is 0 Å². The van der Waals surface area contributed by atoms with E-state index in [0.717, 1.165) is 25.7 Å². The lowest BCUT2D eigenvalue weighted by atomic mass is 9.73. The van der Waals surface area contributed by atoms with Gasteiger partial charge in [-0.2, -0.15) is 0 Å². The molecular weight excluding hydrogens is 553 g/mol. The molecule has 222 valence electrons. The minimum Gasteiger partial charge on any atom is -0.0798 e. The zero-order valence-corrected chi connectivity index (χ0v) is 26.1. The van der Waals surface area contributed by atoms with Crippen molar-refractivity contribution < 1.29 is 0 Å². The standard InChI is InChI=1S/C46H38/c1-2-10-35(11-3-1)45-30-42-28-39(34-16-14-33(15-17-34)38-20-18-31-8-4-6-12-36(31)26-38)22-24-43(42)44-25-23-41(29-46(44)45)40-21-19-32-9-5-7-13-37(32)27-40/h1-16,18-19,21-26,28-29,34,37-38,45H,17,20,27,30H2. The lowest BCUT2D eigenvalue weighted by Crippen LogP contribution is -2.28. The van der Waals surface area contributed by atoms with Gasteiger partial charge in [0, 0.05) is 23.7 Å². The summed E-state index contributed by atoms with van der Waals surface area (Å²) in [7, 11) is 0. The first-order chi connectivity index (χ1) is 22.8. The highest BCUT2D eigenvalue weighted by molar-refractivity contribution is 5.80. The van der Waals surface area contributed by atoms with Crippen LogP contribution >= 0.6 is 0 Å². The van der Waals surface area contributed by atoms with E-state index in [1.807, 2.05) is 0 Å². The molecular formula is C46H38. The van der Waals surface area contributed by atoms with Crippen molar-refractivity contribution in [1.29, 1.82) is 0 Å². The largest absolute Gasteiger partial charge is 0.0798 e. The maximum absolute atomic E-state index is 2.52. The first-order valence-corrected chi connectivity index (χ1v) is 17.0. The van der Waals surface area contributed by atoms with Crippen LogP contribution in [0.3, 0.4) is 0 Å². The van der Waals surface area contributed by atoms with Gasteiger partial charge in [0.2, 0.25) is 0 Å². The summed E-state index contributed by atoms with van der Waals surface area (Å²) in [6, 6.07) is 34.5. The Bertz CT molecular complexity index is 2160. The molecule has 0 fully saturated rings. The molecule has 5 aliphatic rings. The van der Waals surface area contributed by atoms with Crippen LogP contribution in [0.15, 0.2) is 157 Å². The molecule has 0 aromatic heterocycles. The van der Waals surface area contributed by atoms with Crippen molar-refractivity contribution >= 4 is 17.7 Å². The van der Waals surface area contributed by atoms with Crippen LogP contribution in [-0.2, 0) is 6.42 Å². The summed E-state index contributed by atoms with van der Waals surface area (Å²) in [5.74, 6) is 1.73. The van der Waals surface area contributed by atoms with Gasteiger partial charge in [0.25, 0.3) is 0 Å². The number of hydrogen-bond donors (Lipinski definition) is 0. The fourth-order valence-corrected chi connectivity index (χ4v) is 8.34. The third-order valence-electron chi connectivity index (χ3n) is 10.9. The Morgan fingerprint density at radius 3 is 2.28 bits per heavy atom. The molecule has 0 nitrogen and oxygen atoms in total. The van der Waals surface area contributed by atoms with Gasteiger partial charge in [0.15, 0.2) is 0 Å². The van der Waals surface area contributed by atoms with E-state index in [1.54, 1.807) is 0 Å². The number of rotatable bonds is 4. The first-order valence-electron chi connectivity index (χ1n) is 17.0. The summed E-state index contributed by atoms with van der Waals surface area (Å²) in [5, 5.41) is 2.74. The molecule has 0 heteroatoms. The normalized spacial score (nSPS) is 23.8. The van der Waals surface area contributed by atoms with Crippen LogP contribution in [0.1, 0.15) is 58.9 Å². The fraction of sp³-hybridized carbons (Fsp3) is 0.174. The van der Waals surface area contributed by atoms with Gasteiger partial charge in [-0.1, -0.05) is 158 Å². The second-order valence-corrected chi connectivity index (χ2v) is 13.5. The molecule has 4 aromatic rings. The van der Waals surface area contributed by atoms with E-state index in [-0.39, 0.29) is 0 Å². The second kappa shape index (κ2) is 11.5. The van der Waals surface area contributed by atoms with Crippen LogP contribution in [0.5, 0.6) is 0 Å². The van der Waals surface area contributed by atoms with Gasteiger partial charge in [-0.05, 0) is 91.8 Å². The van der Waals surface area contributed by atoms with Gasteiger partial charge in [-0.15, -0.1) is 0 Å². The van der Waals surface area contributed by atoms with E-state index in [1.165, 1.54) is 66.1 Å². The monoisotopic (exact) mass is 590 g/mol. The topological polar surface area (TPSA) is 0 Å². The molecule has 0 amide bonds. The van der Waals surface area contributed by atoms with Gasteiger partial charge in [0.05, 0.1) is 0 Å². The molecule has 4 unspecified atom stereocenters. The Kier molecular flexibility index (Phi) is 6.81. The maximum atomic E-state index is 2.52. The molecule has 0 radical (unpaired) electrons. The van der Waals surface area contributed by atoms with Crippen molar-refractivity contribution in [2.24, 2.45) is 11.8 Å². The van der Waals surface area contributed by atoms with Gasteiger partial charge in [-0.25, -0.2) is 0 Å². The summed E-state index contributed by atoms with van der Waals surface area (Å²) in [4.78, 5) is 0. The van der Waals surface area contributed by atoms with Crippen LogP contribution in [0.4, 0.5) is 0 Å². The van der Waals surface area contributed by atoms with Gasteiger partial charge in [-0.3, -0.25) is 0 Å². The molecule has 0 bridgehead atoms. The third-order valence-corrected chi connectivity index (χ3v) is 10.9. The summed E-state index contributed by atoms with van der Waals surface area (Å²) in [6.07, 6.45) is 30.1. The summed E-state index contributed by atoms with van der Waals surface area (Å²) >= 11 is 0. The van der Waals surface area contributed by atoms with Crippen LogP contribution < -0.4 is 10.4 Å². The Balaban J connectivity index is 1.03. The molecule has 0 N–H and O–H groups in total. The van der Waals surface area contributed by atoms with Crippen molar-refractivity contribution in [2.45, 2.75) is 37.5 Å². The molecule has 0 saturated carbocycles. The van der Waals surface area contributed by atoms with Crippen LogP contribution in [0.25, 0.3) is 28.9 Å². The van der Waals surface area contributed by atoms with Gasteiger partial charge in [0.1, 0.15) is 0 Å². The molecule has 9 rings (SSSR count). The minimum absolute atomic E-state index is 0.348. The second-order valence-electron chi connectivity index (χ2n) is 13.5. The minimum atomic E-state index is 0.348. The van der Waals surface area contributed by atoms with Crippen molar-refractivity contribution in [3.8, 4) is 11.1 Å². The highest BCUT2D eigenvalue weighted by Crippen LogP contribution is 2.46. The molecule has 4 aromatic carbocycles. The van der Waals surface area contributed by atoms with E-state index in [0.29, 0.717) is 23.7 Å². The van der Waals surface area contributed by atoms with Gasteiger partial charge >= 0.3 is 0 Å². The smallest absolute Gasteiger partial charge is 0.0136 e. The summed E-state index contributed by atoms with van der Waals surface area (Å²) in [5.41, 5.74) is 14.3. The van der Waals surface area contributed by atoms with Crippen molar-refractivity contribution in [3.63, 3.8) is 0 Å². The molecule has 0 spiro atoms. The average Bonchev–Trinajstić information content (AvgIpc) is 3.14. The number of hydrogen-bond acceptors (Lipinski definition) is 0. The lowest BCUT2D eigenvalue weighted by molar-refractivity contribution is 0.773. The molecule has 0 heterocycles. The van der Waals surface area contributed by atoms with E-state index in [4.69, 9.17) is 0 Å². The SMILES string of the molecule is C1=CC2=CC=C(c3ccc4c(c3)C(c3ccccc3)Cc3cc(C5C=CC(C6C=c7ccccc7=CC6)=CC5)ccc3-4)CC2C=C1. The third kappa shape index (κ3) is 4.94. The maximum Gasteiger partial charge on any atom is 0.0136 e. The zero-order chi connectivity index (χ0) is 30.5. The molecule has 46 heavy (non-hydrogen) atoms. The summed E-state index contributed by atoms with van der Waals surface area (Å²) < 4.78 is 0. The Morgan fingerprint density at radius 2 is 1.39 bits per heavy atom. The van der Waals surface area contributed by atoms with E-state index in [9.17, 15) is 0 Å². The Hall–Kier alpha value is -4.94. The predicted octanol–water partition coefficient (Wildman–Crippen LogP) is 9.75. The number of allylic oxidation sites excluding steroid dienone is 12. The van der Waals surface area contributed by atoms with Crippen LogP contribution in [-0.4, -0.2) is 0 Å². The number of fused-ring (bicyclic) bond motifs is 5. The predicted molar refractivity (Wildman–Crippen MR) is 194 cm³/mol. The average molecular weight is 591 g/mol. The van der Waals surface area contributed by atoms with Crippen molar-refractivity contribution in [1.82, 2.24) is 0 Å². The molecule has 0 aliphatic heterocycles. The number of benzene rings is 4. The molecule has 0 saturated heterocycles. The first kappa shape index (κ1) is 27.4. The molecule has 4 atom stereocenters. The van der Waals surface area contributed by atoms with Crippen LogP contribution in [0, 0.1) is 11.8 Å². The van der Waals surface area contributed by atoms with Crippen LogP contribution in [0.2, 0.25) is 0 Å². The Morgan fingerprint density at radius 1 is 0.543 bits per heavy atom. The fourth-order valence-electron chi connectivity index (χ4n) is 8.34. The van der Waals surface area contributed by atoms with Crippen molar-refractivity contribution in [2.75, 3.05) is 0 Å². The van der Waals surface area contributed by atoms with E-state index >= 15 is 0 Å². The van der Waals surface area contributed by atoms with E-state index < -0.39 is 0 Å². The van der Waals surface area contributed by atoms with Crippen molar-refractivity contribution in [3.05, 3.63) is 195 Å². The highest BCUT2D eigenvalue weighted by atomic mass is 14.3. The molecule has 5 aliphatic carbocycles. The highest BCUT2D eigenvalue weighted by Gasteiger charge is 2.28.